The van der Waals surface area contributed by atoms with Gasteiger partial charge in [0.25, 0.3) is 11.4 Å². The molecule has 0 N–H and O–H groups in total. The second-order valence-corrected chi connectivity index (χ2v) is 14.2. The van der Waals surface area contributed by atoms with E-state index in [0.717, 1.165) is 17.8 Å². The van der Waals surface area contributed by atoms with E-state index in [0.29, 0.717) is 35.7 Å². The molecule has 4 aliphatic heterocycles. The fourth-order valence-electron chi connectivity index (χ4n) is 8.37. The molecular weight excluding hydrogens is 620 g/mol. The fraction of sp³-hybridized carbons (Fsp3) is 0.282. The summed E-state index contributed by atoms with van der Waals surface area (Å²) in [6.45, 7) is 10.0. The Labute approximate surface area is 284 Å². The van der Waals surface area contributed by atoms with E-state index in [9.17, 15) is 20.2 Å². The molecule has 0 radical (unpaired) electrons. The summed E-state index contributed by atoms with van der Waals surface area (Å²) in [6.07, 6.45) is 8.75. The van der Waals surface area contributed by atoms with Crippen LogP contribution >= 0.6 is 0 Å². The van der Waals surface area contributed by atoms with Gasteiger partial charge in [-0.25, -0.2) is 0 Å². The summed E-state index contributed by atoms with van der Waals surface area (Å²) in [4.78, 5) is 26.8. The van der Waals surface area contributed by atoms with Crippen molar-refractivity contribution >= 4 is 34.9 Å². The first kappa shape index (κ1) is 30.7. The Hall–Kier alpha value is -5.64. The van der Waals surface area contributed by atoms with Gasteiger partial charge in [0.15, 0.2) is 0 Å². The molecule has 0 fully saturated rings. The molecule has 0 aromatic heterocycles. The molecule has 2 unspecified atom stereocenters. The van der Waals surface area contributed by atoms with Gasteiger partial charge >= 0.3 is 0 Å². The average Bonchev–Trinajstić information content (AvgIpc) is 3.38. The molecular formula is C39H36N4O6. The van der Waals surface area contributed by atoms with Gasteiger partial charge in [-0.1, -0.05) is 36.4 Å². The van der Waals surface area contributed by atoms with E-state index < -0.39 is 32.1 Å². The maximum Gasteiger partial charge on any atom is 0.270 e. The number of rotatable bonds is 6. The number of nitrogens with zero attached hydrogens (tertiary/aromatic N) is 4. The molecule has 0 saturated heterocycles. The Kier molecular flexibility index (Phi) is 6.53. The van der Waals surface area contributed by atoms with Crippen LogP contribution in [0.1, 0.15) is 56.4 Å². The first-order valence-corrected chi connectivity index (χ1v) is 16.5. The van der Waals surface area contributed by atoms with Crippen molar-refractivity contribution in [2.24, 2.45) is 0 Å². The van der Waals surface area contributed by atoms with Crippen molar-refractivity contribution in [3.8, 4) is 11.5 Å². The van der Waals surface area contributed by atoms with Gasteiger partial charge in [-0.2, -0.15) is 0 Å². The van der Waals surface area contributed by atoms with E-state index in [4.69, 9.17) is 9.47 Å². The zero-order valence-electron chi connectivity index (χ0n) is 27.8. The van der Waals surface area contributed by atoms with Crippen LogP contribution in [-0.4, -0.2) is 34.4 Å². The minimum Gasteiger partial charge on any atom is -0.463 e. The molecule has 8 rings (SSSR count). The number of fused-ring (bicyclic) bond motifs is 4. The quantitative estimate of drug-likeness (QED) is 0.150. The predicted octanol–water partition coefficient (Wildman–Crippen LogP) is 8.39. The number of hydrogen-bond donors (Lipinski definition) is 0. The average molecular weight is 657 g/mol. The van der Waals surface area contributed by atoms with Crippen molar-refractivity contribution in [3.63, 3.8) is 0 Å². The molecule has 4 aromatic rings. The molecule has 49 heavy (non-hydrogen) atoms. The molecule has 4 aliphatic rings. The molecule has 10 nitrogen and oxygen atoms in total. The Morgan fingerprint density at radius 2 is 1.02 bits per heavy atom. The molecule has 0 saturated carbocycles. The van der Waals surface area contributed by atoms with Gasteiger partial charge in [-0.05, 0) is 93.8 Å². The van der Waals surface area contributed by atoms with E-state index in [2.05, 4.69) is 73.9 Å². The van der Waals surface area contributed by atoms with Crippen molar-refractivity contribution in [2.45, 2.75) is 56.4 Å². The SMILES string of the molecule is CC1(C)c2ccccc2N(CCCN2c3ccccc3C(C)(C)C23C=Cc2cc([N+](=O)[O-])ccc2O3)C12C=Cc1cc([N+](=O)[O-])ccc1O2. The summed E-state index contributed by atoms with van der Waals surface area (Å²) in [7, 11) is 0. The third kappa shape index (κ3) is 4.19. The number of anilines is 2. The highest BCUT2D eigenvalue weighted by Gasteiger charge is 2.60. The summed E-state index contributed by atoms with van der Waals surface area (Å²) in [6, 6.07) is 26.2. The molecule has 2 spiro atoms. The van der Waals surface area contributed by atoms with Crippen molar-refractivity contribution in [3.05, 3.63) is 140 Å². The topological polar surface area (TPSA) is 111 Å². The zero-order chi connectivity index (χ0) is 34.3. The Morgan fingerprint density at radius 1 is 0.612 bits per heavy atom. The summed E-state index contributed by atoms with van der Waals surface area (Å²) in [5.74, 6) is 1.21. The van der Waals surface area contributed by atoms with Crippen LogP contribution in [0.4, 0.5) is 22.7 Å². The highest BCUT2D eigenvalue weighted by Crippen LogP contribution is 2.57. The maximum absolute atomic E-state index is 11.5. The lowest BCUT2D eigenvalue weighted by Gasteiger charge is -2.48. The molecule has 248 valence electrons. The van der Waals surface area contributed by atoms with E-state index in [-0.39, 0.29) is 11.4 Å². The minimum absolute atomic E-state index is 0.0244. The number of nitro groups is 2. The Bertz CT molecular complexity index is 1970. The monoisotopic (exact) mass is 656 g/mol. The van der Waals surface area contributed by atoms with Crippen LogP contribution in [0.5, 0.6) is 11.5 Å². The summed E-state index contributed by atoms with van der Waals surface area (Å²) in [5.41, 5.74) is 3.27. The van der Waals surface area contributed by atoms with Crippen LogP contribution in [-0.2, 0) is 10.8 Å². The lowest BCUT2D eigenvalue weighted by molar-refractivity contribution is -0.385. The second-order valence-electron chi connectivity index (χ2n) is 14.2. The van der Waals surface area contributed by atoms with Gasteiger partial charge in [0.2, 0.25) is 11.4 Å². The predicted molar refractivity (Wildman–Crippen MR) is 189 cm³/mol. The highest BCUT2D eigenvalue weighted by atomic mass is 16.6. The summed E-state index contributed by atoms with van der Waals surface area (Å²) < 4.78 is 13.9. The van der Waals surface area contributed by atoms with Gasteiger partial charge in [-0.15, -0.1) is 0 Å². The molecule has 2 atom stereocenters. The number of non-ortho nitro benzene ring substituents is 2. The van der Waals surface area contributed by atoms with Crippen LogP contribution in [0.15, 0.2) is 97.1 Å². The molecule has 0 bridgehead atoms. The molecule has 10 heteroatoms. The third-order valence-corrected chi connectivity index (χ3v) is 11.0. The van der Waals surface area contributed by atoms with Gasteiger partial charge in [-0.3, -0.25) is 20.2 Å². The number of benzene rings is 4. The first-order valence-electron chi connectivity index (χ1n) is 16.5. The van der Waals surface area contributed by atoms with E-state index in [1.165, 1.54) is 23.3 Å². The first-order chi connectivity index (χ1) is 23.4. The van der Waals surface area contributed by atoms with Crippen molar-refractivity contribution in [2.75, 3.05) is 22.9 Å². The van der Waals surface area contributed by atoms with Crippen molar-refractivity contribution in [1.29, 1.82) is 0 Å². The minimum atomic E-state index is -0.866. The summed E-state index contributed by atoms with van der Waals surface area (Å²) in [5, 5.41) is 23.0. The number of para-hydroxylation sites is 2. The lowest BCUT2D eigenvalue weighted by Crippen LogP contribution is -2.61. The highest BCUT2D eigenvalue weighted by molar-refractivity contribution is 5.75. The van der Waals surface area contributed by atoms with Crippen LogP contribution < -0.4 is 19.3 Å². The molecule has 4 aromatic carbocycles. The lowest BCUT2D eigenvalue weighted by atomic mass is 9.76. The van der Waals surface area contributed by atoms with Gasteiger partial charge in [0.05, 0.1) is 20.7 Å². The van der Waals surface area contributed by atoms with Crippen LogP contribution in [0.3, 0.4) is 0 Å². The van der Waals surface area contributed by atoms with E-state index in [1.807, 2.05) is 36.4 Å². The van der Waals surface area contributed by atoms with Gasteiger partial charge < -0.3 is 19.3 Å². The Balaban J connectivity index is 1.14. The number of nitro benzene ring substituents is 2. The fourth-order valence-corrected chi connectivity index (χ4v) is 8.37. The summed E-state index contributed by atoms with van der Waals surface area (Å²) >= 11 is 0. The van der Waals surface area contributed by atoms with Crippen molar-refractivity contribution < 1.29 is 19.3 Å². The van der Waals surface area contributed by atoms with Crippen LogP contribution in [0.2, 0.25) is 0 Å². The van der Waals surface area contributed by atoms with E-state index in [1.54, 1.807) is 24.3 Å². The second kappa shape index (κ2) is 10.4. The normalized spacial score (nSPS) is 23.0. The molecule has 0 amide bonds. The number of ether oxygens (including phenoxy) is 2. The van der Waals surface area contributed by atoms with E-state index >= 15 is 0 Å². The van der Waals surface area contributed by atoms with Crippen LogP contribution in [0, 0.1) is 20.2 Å². The standard InChI is InChI=1S/C39H36N4O6/c1-36(2)30-10-5-7-12-32(30)40(38(36)20-18-26-24-28(42(44)45)14-16-34(26)48-38)22-9-23-41-33-13-8-6-11-31(33)37(3,4)39(41)21-19-27-25-29(43(46)47)15-17-35(27)49-39/h5-8,10-21,24-25H,9,22-23H2,1-4H3. The van der Waals surface area contributed by atoms with Gasteiger partial charge in [0.1, 0.15) is 11.5 Å². The molecule has 4 heterocycles. The zero-order valence-corrected chi connectivity index (χ0v) is 27.8. The largest absolute Gasteiger partial charge is 0.463 e. The van der Waals surface area contributed by atoms with Crippen LogP contribution in [0.25, 0.3) is 12.2 Å². The third-order valence-electron chi connectivity index (χ3n) is 11.0. The smallest absolute Gasteiger partial charge is 0.270 e. The number of hydrogen-bond acceptors (Lipinski definition) is 8. The van der Waals surface area contributed by atoms with Crippen molar-refractivity contribution in [1.82, 2.24) is 0 Å². The maximum atomic E-state index is 11.5. The Morgan fingerprint density at radius 3 is 1.43 bits per heavy atom. The van der Waals surface area contributed by atoms with Gasteiger partial charge in [0, 0.05) is 59.9 Å². The molecule has 0 aliphatic carbocycles.